The fraction of sp³-hybridized carbons (Fsp3) is 0.214. The number of hydrogen-bond acceptors (Lipinski definition) is 3. The van der Waals surface area contributed by atoms with Crippen molar-refractivity contribution in [1.82, 2.24) is 4.98 Å². The molecule has 1 aromatic carbocycles. The fourth-order valence-corrected chi connectivity index (χ4v) is 2.15. The molecule has 3 nitrogen and oxygen atoms in total. The quantitative estimate of drug-likeness (QED) is 0.789. The van der Waals surface area contributed by atoms with E-state index in [1.807, 2.05) is 24.5 Å². The van der Waals surface area contributed by atoms with Gasteiger partial charge in [-0.1, -0.05) is 13.0 Å². The van der Waals surface area contributed by atoms with E-state index in [2.05, 4.69) is 63.3 Å². The molecule has 0 saturated carbocycles. The number of halogens is 1. The molecule has 94 valence electrons. The zero-order chi connectivity index (χ0) is 12.8. The minimum atomic E-state index is 0.967. The maximum absolute atomic E-state index is 4.23. The van der Waals surface area contributed by atoms with Crippen molar-refractivity contribution in [3.8, 4) is 0 Å². The standard InChI is InChI=1S/C14H16IN3/c1-2-6-17-13-8-14(10-16-9-13)18-12-5-3-4-11(15)7-12/h3-5,7-10,17-18H,2,6H2,1H3. The van der Waals surface area contributed by atoms with Crippen LogP contribution in [0.4, 0.5) is 17.1 Å². The van der Waals surface area contributed by atoms with Gasteiger partial charge < -0.3 is 10.6 Å². The van der Waals surface area contributed by atoms with Gasteiger partial charge in [0.2, 0.25) is 0 Å². The third-order valence-electron chi connectivity index (χ3n) is 2.43. The summed E-state index contributed by atoms with van der Waals surface area (Å²) in [5.41, 5.74) is 3.13. The molecule has 0 aliphatic heterocycles. The minimum Gasteiger partial charge on any atom is -0.384 e. The van der Waals surface area contributed by atoms with Crippen molar-refractivity contribution in [2.24, 2.45) is 0 Å². The Morgan fingerprint density at radius 1 is 1.11 bits per heavy atom. The number of nitrogens with zero attached hydrogens (tertiary/aromatic N) is 1. The van der Waals surface area contributed by atoms with Crippen molar-refractivity contribution in [3.05, 3.63) is 46.3 Å². The van der Waals surface area contributed by atoms with E-state index < -0.39 is 0 Å². The Bertz CT molecular complexity index is 514. The van der Waals surface area contributed by atoms with Gasteiger partial charge in [0, 0.05) is 15.8 Å². The number of hydrogen-bond donors (Lipinski definition) is 2. The van der Waals surface area contributed by atoms with E-state index in [1.54, 1.807) is 0 Å². The van der Waals surface area contributed by atoms with E-state index in [0.717, 1.165) is 30.0 Å². The Hall–Kier alpha value is -1.30. The Labute approximate surface area is 121 Å². The van der Waals surface area contributed by atoms with Gasteiger partial charge in [-0.05, 0) is 53.3 Å². The monoisotopic (exact) mass is 353 g/mol. The van der Waals surface area contributed by atoms with Crippen molar-refractivity contribution in [2.75, 3.05) is 17.2 Å². The number of anilines is 3. The van der Waals surface area contributed by atoms with Gasteiger partial charge in [0.05, 0.1) is 23.8 Å². The molecule has 0 aliphatic rings. The second-order valence-electron chi connectivity index (χ2n) is 4.02. The summed E-state index contributed by atoms with van der Waals surface area (Å²) in [6.45, 7) is 3.11. The molecule has 2 N–H and O–H groups in total. The maximum Gasteiger partial charge on any atom is 0.0591 e. The summed E-state index contributed by atoms with van der Waals surface area (Å²) in [7, 11) is 0. The first kappa shape index (κ1) is 13.1. The smallest absolute Gasteiger partial charge is 0.0591 e. The van der Waals surface area contributed by atoms with Crippen molar-refractivity contribution in [2.45, 2.75) is 13.3 Å². The molecule has 2 rings (SSSR count). The molecular weight excluding hydrogens is 337 g/mol. The van der Waals surface area contributed by atoms with Crippen molar-refractivity contribution >= 4 is 39.7 Å². The Kier molecular flexibility index (Phi) is 4.81. The number of rotatable bonds is 5. The zero-order valence-corrected chi connectivity index (χ0v) is 12.4. The van der Waals surface area contributed by atoms with Gasteiger partial charge in [-0.15, -0.1) is 0 Å². The predicted molar refractivity (Wildman–Crippen MR) is 85.5 cm³/mol. The maximum atomic E-state index is 4.23. The van der Waals surface area contributed by atoms with E-state index in [1.165, 1.54) is 3.57 Å². The molecule has 0 fully saturated rings. The van der Waals surface area contributed by atoms with E-state index >= 15 is 0 Å². The molecule has 2 aromatic rings. The van der Waals surface area contributed by atoms with E-state index in [9.17, 15) is 0 Å². The van der Waals surface area contributed by atoms with Gasteiger partial charge in [0.15, 0.2) is 0 Å². The lowest BCUT2D eigenvalue weighted by Gasteiger charge is -2.09. The third-order valence-corrected chi connectivity index (χ3v) is 3.10. The first-order valence-corrected chi connectivity index (χ1v) is 7.07. The lowest BCUT2D eigenvalue weighted by molar-refractivity contribution is 0.978. The average molecular weight is 353 g/mol. The van der Waals surface area contributed by atoms with Crippen LogP contribution in [0.15, 0.2) is 42.7 Å². The molecule has 0 aliphatic carbocycles. The van der Waals surface area contributed by atoms with Crippen LogP contribution >= 0.6 is 22.6 Å². The second-order valence-corrected chi connectivity index (χ2v) is 5.27. The van der Waals surface area contributed by atoms with Gasteiger partial charge >= 0.3 is 0 Å². The minimum absolute atomic E-state index is 0.967. The molecule has 0 radical (unpaired) electrons. The van der Waals surface area contributed by atoms with Gasteiger partial charge in [-0.25, -0.2) is 0 Å². The molecular formula is C14H16IN3. The summed E-state index contributed by atoms with van der Waals surface area (Å²) in [5.74, 6) is 0. The van der Waals surface area contributed by atoms with Crippen LogP contribution in [0.2, 0.25) is 0 Å². The van der Waals surface area contributed by atoms with Crippen LogP contribution < -0.4 is 10.6 Å². The van der Waals surface area contributed by atoms with Gasteiger partial charge in [-0.2, -0.15) is 0 Å². The Morgan fingerprint density at radius 3 is 2.72 bits per heavy atom. The van der Waals surface area contributed by atoms with Crippen molar-refractivity contribution in [1.29, 1.82) is 0 Å². The topological polar surface area (TPSA) is 37.0 Å². The lowest BCUT2D eigenvalue weighted by Crippen LogP contribution is -2.01. The highest BCUT2D eigenvalue weighted by atomic mass is 127. The van der Waals surface area contributed by atoms with Crippen LogP contribution in [0.25, 0.3) is 0 Å². The summed E-state index contributed by atoms with van der Waals surface area (Å²) >= 11 is 2.31. The first-order chi connectivity index (χ1) is 8.78. The summed E-state index contributed by atoms with van der Waals surface area (Å²) in [6.07, 6.45) is 4.78. The van der Waals surface area contributed by atoms with Crippen molar-refractivity contribution in [3.63, 3.8) is 0 Å². The molecule has 0 saturated heterocycles. The Balaban J connectivity index is 2.09. The molecule has 18 heavy (non-hydrogen) atoms. The van der Waals surface area contributed by atoms with E-state index in [0.29, 0.717) is 0 Å². The van der Waals surface area contributed by atoms with Crippen LogP contribution in [0.1, 0.15) is 13.3 Å². The lowest BCUT2D eigenvalue weighted by atomic mass is 10.3. The summed E-state index contributed by atoms with van der Waals surface area (Å²) in [4.78, 5) is 4.23. The SMILES string of the molecule is CCCNc1cncc(Nc2cccc(I)c2)c1. The molecule has 0 spiro atoms. The zero-order valence-electron chi connectivity index (χ0n) is 10.3. The van der Waals surface area contributed by atoms with Crippen LogP contribution in [0.5, 0.6) is 0 Å². The number of pyridine rings is 1. The molecule has 1 aromatic heterocycles. The predicted octanol–water partition coefficient (Wildman–Crippen LogP) is 4.25. The highest BCUT2D eigenvalue weighted by Crippen LogP contribution is 2.20. The number of aromatic nitrogens is 1. The van der Waals surface area contributed by atoms with E-state index in [4.69, 9.17) is 0 Å². The van der Waals surface area contributed by atoms with E-state index in [-0.39, 0.29) is 0 Å². The van der Waals surface area contributed by atoms with Crippen LogP contribution in [0, 0.1) is 3.57 Å². The first-order valence-electron chi connectivity index (χ1n) is 5.99. The normalized spacial score (nSPS) is 10.1. The second kappa shape index (κ2) is 6.58. The van der Waals surface area contributed by atoms with Crippen LogP contribution in [-0.4, -0.2) is 11.5 Å². The fourth-order valence-electron chi connectivity index (χ4n) is 1.61. The molecule has 4 heteroatoms. The van der Waals surface area contributed by atoms with Gasteiger partial charge in [-0.3, -0.25) is 4.98 Å². The summed E-state index contributed by atoms with van der Waals surface area (Å²) in [6, 6.07) is 10.3. The highest BCUT2D eigenvalue weighted by molar-refractivity contribution is 14.1. The molecule has 0 bridgehead atoms. The molecule has 0 unspecified atom stereocenters. The largest absolute Gasteiger partial charge is 0.384 e. The number of nitrogens with one attached hydrogen (secondary N) is 2. The average Bonchev–Trinajstić information content (AvgIpc) is 2.37. The molecule has 1 heterocycles. The van der Waals surface area contributed by atoms with Crippen molar-refractivity contribution < 1.29 is 0 Å². The van der Waals surface area contributed by atoms with Crippen LogP contribution in [0.3, 0.4) is 0 Å². The Morgan fingerprint density at radius 2 is 1.94 bits per heavy atom. The highest BCUT2D eigenvalue weighted by Gasteiger charge is 1.98. The number of benzene rings is 1. The molecule has 0 atom stereocenters. The van der Waals surface area contributed by atoms with Crippen LogP contribution in [-0.2, 0) is 0 Å². The third kappa shape index (κ3) is 3.87. The summed E-state index contributed by atoms with van der Waals surface area (Å²) in [5, 5.41) is 6.68. The van der Waals surface area contributed by atoms with Gasteiger partial charge in [0.25, 0.3) is 0 Å². The molecule has 0 amide bonds. The summed E-state index contributed by atoms with van der Waals surface area (Å²) < 4.78 is 1.21. The van der Waals surface area contributed by atoms with Gasteiger partial charge in [0.1, 0.15) is 0 Å².